The molecule has 1 atom stereocenters. The van der Waals surface area contributed by atoms with Crippen LogP contribution in [0.1, 0.15) is 58.2 Å². The zero-order valence-corrected chi connectivity index (χ0v) is 13.4. The molecule has 1 saturated carbocycles. The molecular weight excluding hydrogens is 260 g/mol. The van der Waals surface area contributed by atoms with Gasteiger partial charge in [-0.2, -0.15) is 0 Å². The second-order valence-electron chi connectivity index (χ2n) is 7.07. The first-order chi connectivity index (χ1) is 10.2. The van der Waals surface area contributed by atoms with E-state index in [2.05, 4.69) is 34.0 Å². The molecule has 4 nitrogen and oxygen atoms in total. The Morgan fingerprint density at radius 1 is 1.19 bits per heavy atom. The summed E-state index contributed by atoms with van der Waals surface area (Å²) in [5.74, 6) is 0.961. The maximum atomic E-state index is 4.45. The van der Waals surface area contributed by atoms with Crippen LogP contribution in [0.4, 0.5) is 0 Å². The van der Waals surface area contributed by atoms with Gasteiger partial charge < -0.3 is 5.32 Å². The van der Waals surface area contributed by atoms with Crippen molar-refractivity contribution in [2.24, 2.45) is 0 Å². The van der Waals surface area contributed by atoms with E-state index in [-0.39, 0.29) is 5.54 Å². The highest BCUT2D eigenvalue weighted by Crippen LogP contribution is 2.38. The fraction of sp³-hybridized carbons (Fsp3) is 0.765. The van der Waals surface area contributed by atoms with Gasteiger partial charge in [-0.05, 0) is 32.3 Å². The minimum atomic E-state index is 0.220. The van der Waals surface area contributed by atoms with E-state index in [4.69, 9.17) is 0 Å². The van der Waals surface area contributed by atoms with Crippen LogP contribution in [-0.2, 0) is 6.54 Å². The van der Waals surface area contributed by atoms with Crippen LogP contribution in [0.15, 0.2) is 18.5 Å². The molecule has 2 aliphatic rings. The standard InChI is InChI=1S/C17H28N4/c1-3-16(2)14-21(12-15-18-10-7-11-19-15)17(13-20-16)8-5-4-6-9-17/h7,10-11,20H,3-6,8-9,12-14H2,1-2H3. The Hall–Kier alpha value is -1.00. The van der Waals surface area contributed by atoms with Crippen LogP contribution in [0.2, 0.25) is 0 Å². The topological polar surface area (TPSA) is 41.1 Å². The summed E-state index contributed by atoms with van der Waals surface area (Å²) in [5.41, 5.74) is 0.545. The number of hydrogen-bond acceptors (Lipinski definition) is 4. The van der Waals surface area contributed by atoms with Crippen LogP contribution >= 0.6 is 0 Å². The summed E-state index contributed by atoms with van der Waals surface area (Å²) in [6.45, 7) is 7.73. The monoisotopic (exact) mass is 288 g/mol. The summed E-state index contributed by atoms with van der Waals surface area (Å²) < 4.78 is 0. The third-order valence-corrected chi connectivity index (χ3v) is 5.57. The predicted octanol–water partition coefficient (Wildman–Crippen LogP) is 2.75. The summed E-state index contributed by atoms with van der Waals surface area (Å²) in [6, 6.07) is 1.90. The van der Waals surface area contributed by atoms with Crippen molar-refractivity contribution < 1.29 is 0 Å². The quantitative estimate of drug-likeness (QED) is 0.928. The first kappa shape index (κ1) is 14.9. The molecule has 0 bridgehead atoms. The predicted molar refractivity (Wildman–Crippen MR) is 85.0 cm³/mol. The van der Waals surface area contributed by atoms with Crippen LogP contribution in [-0.4, -0.2) is 39.0 Å². The van der Waals surface area contributed by atoms with Crippen molar-refractivity contribution in [3.63, 3.8) is 0 Å². The van der Waals surface area contributed by atoms with Crippen LogP contribution in [0.3, 0.4) is 0 Å². The van der Waals surface area contributed by atoms with Gasteiger partial charge in [-0.1, -0.05) is 26.2 Å². The molecule has 0 aromatic carbocycles. The first-order valence-electron chi connectivity index (χ1n) is 8.42. The van der Waals surface area contributed by atoms with Crippen LogP contribution in [0, 0.1) is 0 Å². The first-order valence-corrected chi connectivity index (χ1v) is 8.42. The Balaban J connectivity index is 1.82. The molecule has 1 aromatic rings. The van der Waals surface area contributed by atoms with Gasteiger partial charge in [0.05, 0.1) is 6.54 Å². The summed E-state index contributed by atoms with van der Waals surface area (Å²) >= 11 is 0. The van der Waals surface area contributed by atoms with E-state index >= 15 is 0 Å². The Morgan fingerprint density at radius 3 is 2.57 bits per heavy atom. The number of hydrogen-bond donors (Lipinski definition) is 1. The fourth-order valence-corrected chi connectivity index (χ4v) is 3.88. The van der Waals surface area contributed by atoms with E-state index in [1.54, 1.807) is 0 Å². The van der Waals surface area contributed by atoms with Crippen molar-refractivity contribution in [1.82, 2.24) is 20.2 Å². The van der Waals surface area contributed by atoms with Crippen LogP contribution < -0.4 is 5.32 Å². The lowest BCUT2D eigenvalue weighted by Crippen LogP contribution is -2.69. The molecule has 0 amide bonds. The number of piperazine rings is 1. The van der Waals surface area contributed by atoms with E-state index in [0.717, 1.165) is 31.9 Å². The van der Waals surface area contributed by atoms with Gasteiger partial charge in [0, 0.05) is 36.6 Å². The molecule has 4 heteroatoms. The van der Waals surface area contributed by atoms with E-state index < -0.39 is 0 Å². The number of rotatable bonds is 3. The lowest BCUT2D eigenvalue weighted by Gasteiger charge is -2.55. The second kappa shape index (κ2) is 6.01. The van der Waals surface area contributed by atoms with Crippen molar-refractivity contribution in [2.45, 2.75) is 70.0 Å². The molecule has 2 heterocycles. The summed E-state index contributed by atoms with van der Waals surface area (Å²) in [6.07, 6.45) is 11.6. The molecule has 1 aliphatic carbocycles. The highest BCUT2D eigenvalue weighted by atomic mass is 15.3. The fourth-order valence-electron chi connectivity index (χ4n) is 3.88. The van der Waals surface area contributed by atoms with Crippen molar-refractivity contribution in [1.29, 1.82) is 0 Å². The molecule has 1 unspecified atom stereocenters. The molecule has 2 fully saturated rings. The van der Waals surface area contributed by atoms with Crippen molar-refractivity contribution in [3.8, 4) is 0 Å². The van der Waals surface area contributed by atoms with Gasteiger partial charge in [0.25, 0.3) is 0 Å². The maximum Gasteiger partial charge on any atom is 0.142 e. The lowest BCUT2D eigenvalue weighted by atomic mass is 9.76. The van der Waals surface area contributed by atoms with Crippen molar-refractivity contribution in [2.75, 3.05) is 13.1 Å². The van der Waals surface area contributed by atoms with Crippen molar-refractivity contribution in [3.05, 3.63) is 24.3 Å². The summed E-state index contributed by atoms with van der Waals surface area (Å²) in [4.78, 5) is 11.6. The van der Waals surface area contributed by atoms with Gasteiger partial charge in [-0.25, -0.2) is 9.97 Å². The zero-order chi connectivity index (χ0) is 14.8. The molecule has 1 aromatic heterocycles. The molecule has 1 spiro atoms. The Labute approximate surface area is 128 Å². The SMILES string of the molecule is CCC1(C)CN(Cc2ncccn2)C2(CCCCC2)CN1. The summed E-state index contributed by atoms with van der Waals surface area (Å²) in [5, 5.41) is 3.84. The Morgan fingerprint density at radius 2 is 1.90 bits per heavy atom. The van der Waals surface area contributed by atoms with Crippen molar-refractivity contribution >= 4 is 0 Å². The number of aromatic nitrogens is 2. The number of nitrogens with one attached hydrogen (secondary N) is 1. The number of nitrogens with zero attached hydrogens (tertiary/aromatic N) is 3. The van der Waals surface area contributed by atoms with Gasteiger partial charge in [-0.3, -0.25) is 4.90 Å². The van der Waals surface area contributed by atoms with Crippen LogP contribution in [0.25, 0.3) is 0 Å². The minimum absolute atomic E-state index is 0.220. The van der Waals surface area contributed by atoms with E-state index in [9.17, 15) is 0 Å². The third-order valence-electron chi connectivity index (χ3n) is 5.57. The third kappa shape index (κ3) is 3.11. The highest BCUT2D eigenvalue weighted by molar-refractivity contribution is 5.06. The van der Waals surface area contributed by atoms with E-state index in [0.29, 0.717) is 5.54 Å². The highest BCUT2D eigenvalue weighted by Gasteiger charge is 2.45. The van der Waals surface area contributed by atoms with Gasteiger partial charge in [0.2, 0.25) is 0 Å². The molecule has 0 radical (unpaired) electrons. The smallest absolute Gasteiger partial charge is 0.142 e. The van der Waals surface area contributed by atoms with E-state index in [1.165, 1.54) is 32.1 Å². The Bertz CT molecular complexity index is 455. The molecule has 21 heavy (non-hydrogen) atoms. The van der Waals surface area contributed by atoms with Gasteiger partial charge in [-0.15, -0.1) is 0 Å². The lowest BCUT2D eigenvalue weighted by molar-refractivity contribution is -0.0232. The average molecular weight is 288 g/mol. The molecule has 1 aliphatic heterocycles. The molecule has 1 N–H and O–H groups in total. The molecule has 116 valence electrons. The average Bonchev–Trinajstić information content (AvgIpc) is 2.54. The molecule has 3 rings (SSSR count). The van der Waals surface area contributed by atoms with E-state index in [1.807, 2.05) is 18.5 Å². The Kier molecular flexibility index (Phi) is 4.27. The maximum absolute atomic E-state index is 4.45. The normalized spacial score (nSPS) is 29.6. The van der Waals surface area contributed by atoms with Gasteiger partial charge in [0.15, 0.2) is 0 Å². The molecule has 1 saturated heterocycles. The second-order valence-corrected chi connectivity index (χ2v) is 7.07. The molecular formula is C17H28N4. The minimum Gasteiger partial charge on any atom is -0.308 e. The van der Waals surface area contributed by atoms with Gasteiger partial charge >= 0.3 is 0 Å². The van der Waals surface area contributed by atoms with Gasteiger partial charge in [0.1, 0.15) is 5.82 Å². The summed E-state index contributed by atoms with van der Waals surface area (Å²) in [7, 11) is 0. The van der Waals surface area contributed by atoms with Crippen LogP contribution in [0.5, 0.6) is 0 Å². The zero-order valence-electron chi connectivity index (χ0n) is 13.4. The largest absolute Gasteiger partial charge is 0.308 e.